The molecule has 0 fully saturated rings. The van der Waals surface area contributed by atoms with Crippen LogP contribution in [0.1, 0.15) is 40.4 Å². The average molecular weight is 407 g/mol. The molecule has 3 nitrogen and oxygen atoms in total. The summed E-state index contributed by atoms with van der Waals surface area (Å²) in [7, 11) is 0. The molecule has 1 heterocycles. The molecule has 1 amide bonds. The first kappa shape index (κ1) is 19.4. The number of nitrogens with zero attached hydrogens (tertiary/aromatic N) is 1. The maximum Gasteiger partial charge on any atom is 0.249 e. The van der Waals surface area contributed by atoms with Crippen LogP contribution in [-0.2, 0) is 13.0 Å². The Labute approximate surface area is 182 Å². The average Bonchev–Trinajstić information content (AvgIpc) is 3.07. The molecule has 0 saturated carbocycles. The molecule has 0 unspecified atom stereocenters. The summed E-state index contributed by atoms with van der Waals surface area (Å²) in [5.41, 5.74) is 12.3. The Bertz CT molecular complexity index is 1460. The minimum absolute atomic E-state index is 0.386. The molecule has 5 rings (SSSR count). The molecule has 0 atom stereocenters. The van der Waals surface area contributed by atoms with Crippen LogP contribution < -0.4 is 5.73 Å². The van der Waals surface area contributed by atoms with Gasteiger partial charge in [0, 0.05) is 28.4 Å². The zero-order chi connectivity index (χ0) is 21.5. The maximum atomic E-state index is 12.2. The van der Waals surface area contributed by atoms with Crippen molar-refractivity contribution in [1.29, 1.82) is 0 Å². The van der Waals surface area contributed by atoms with Crippen LogP contribution in [0, 0.1) is 6.92 Å². The monoisotopic (exact) mass is 406 g/mol. The summed E-state index contributed by atoms with van der Waals surface area (Å²) in [6, 6.07) is 25.7. The molecule has 0 spiro atoms. The minimum atomic E-state index is -0.386. The van der Waals surface area contributed by atoms with E-state index in [4.69, 9.17) is 5.73 Å². The highest BCUT2D eigenvalue weighted by atomic mass is 16.1. The first-order valence-electron chi connectivity index (χ1n) is 10.9. The number of benzene rings is 4. The van der Waals surface area contributed by atoms with Gasteiger partial charge in [0.05, 0.1) is 5.52 Å². The van der Waals surface area contributed by atoms with E-state index in [2.05, 4.69) is 79.1 Å². The lowest BCUT2D eigenvalue weighted by atomic mass is 10.0. The highest BCUT2D eigenvalue weighted by molar-refractivity contribution is 6.18. The molecular weight excluding hydrogens is 380 g/mol. The second kappa shape index (κ2) is 7.59. The summed E-state index contributed by atoms with van der Waals surface area (Å²) in [5, 5.41) is 4.53. The topological polar surface area (TPSA) is 48.0 Å². The molecule has 0 aliphatic rings. The summed E-state index contributed by atoms with van der Waals surface area (Å²) >= 11 is 0. The van der Waals surface area contributed by atoms with Gasteiger partial charge in [-0.2, -0.15) is 0 Å². The lowest BCUT2D eigenvalue weighted by molar-refractivity contribution is 0.100. The fourth-order valence-corrected chi connectivity index (χ4v) is 4.71. The Morgan fingerprint density at radius 2 is 1.65 bits per heavy atom. The van der Waals surface area contributed by atoms with Gasteiger partial charge in [0.15, 0.2) is 0 Å². The molecule has 3 heteroatoms. The predicted molar refractivity (Wildman–Crippen MR) is 130 cm³/mol. The lowest BCUT2D eigenvalue weighted by Gasteiger charge is -2.10. The van der Waals surface area contributed by atoms with Gasteiger partial charge in [0.1, 0.15) is 0 Å². The van der Waals surface area contributed by atoms with Crippen molar-refractivity contribution in [2.24, 2.45) is 5.73 Å². The summed E-state index contributed by atoms with van der Waals surface area (Å²) < 4.78 is 2.33. The zero-order valence-electron chi connectivity index (χ0n) is 18.0. The molecule has 0 bridgehead atoms. The van der Waals surface area contributed by atoms with E-state index in [0.29, 0.717) is 5.56 Å². The number of rotatable bonds is 5. The predicted octanol–water partition coefficient (Wildman–Crippen LogP) is 6.36. The fraction of sp³-hybridized carbons (Fsp3) is 0.179. The first-order valence-corrected chi connectivity index (χ1v) is 10.9. The number of aryl methyl sites for hydroxylation is 2. The second-order valence-electron chi connectivity index (χ2n) is 8.44. The molecule has 1 aromatic heterocycles. The van der Waals surface area contributed by atoms with E-state index in [-0.39, 0.29) is 5.91 Å². The number of carbonyl (C=O) groups excluding carboxylic acids is 1. The van der Waals surface area contributed by atoms with Crippen molar-refractivity contribution in [2.75, 3.05) is 0 Å². The molecule has 0 radical (unpaired) electrons. The van der Waals surface area contributed by atoms with Crippen molar-refractivity contribution in [1.82, 2.24) is 4.57 Å². The van der Waals surface area contributed by atoms with Gasteiger partial charge in [-0.3, -0.25) is 4.79 Å². The Morgan fingerprint density at radius 1 is 0.871 bits per heavy atom. The smallest absolute Gasteiger partial charge is 0.249 e. The van der Waals surface area contributed by atoms with Gasteiger partial charge in [-0.05, 0) is 59.5 Å². The third kappa shape index (κ3) is 3.36. The number of nitrogens with two attached hydrogens (primary N) is 1. The third-order valence-corrected chi connectivity index (χ3v) is 6.16. The van der Waals surface area contributed by atoms with Crippen LogP contribution in [0.5, 0.6) is 0 Å². The summed E-state index contributed by atoms with van der Waals surface area (Å²) in [6.45, 7) is 5.05. The molecule has 5 aromatic rings. The third-order valence-electron chi connectivity index (χ3n) is 6.16. The summed E-state index contributed by atoms with van der Waals surface area (Å²) in [6.07, 6.45) is 2.14. The Hall–Kier alpha value is -3.59. The number of primary amides is 1. The molecule has 2 N–H and O–H groups in total. The van der Waals surface area contributed by atoms with Crippen LogP contribution >= 0.6 is 0 Å². The van der Waals surface area contributed by atoms with Crippen LogP contribution in [0.3, 0.4) is 0 Å². The van der Waals surface area contributed by atoms with Gasteiger partial charge in [-0.25, -0.2) is 0 Å². The van der Waals surface area contributed by atoms with E-state index >= 15 is 0 Å². The van der Waals surface area contributed by atoms with E-state index < -0.39 is 0 Å². The number of amides is 1. The van der Waals surface area contributed by atoms with Gasteiger partial charge in [-0.1, -0.05) is 67.4 Å². The largest absolute Gasteiger partial charge is 0.366 e. The summed E-state index contributed by atoms with van der Waals surface area (Å²) in [5.74, 6) is -0.386. The number of carbonyl (C=O) groups is 1. The van der Waals surface area contributed by atoms with E-state index in [0.717, 1.165) is 41.2 Å². The van der Waals surface area contributed by atoms with Gasteiger partial charge in [-0.15, -0.1) is 0 Å². The van der Waals surface area contributed by atoms with Crippen molar-refractivity contribution in [3.8, 4) is 0 Å². The first-order chi connectivity index (χ1) is 15.0. The maximum absolute atomic E-state index is 12.2. The van der Waals surface area contributed by atoms with Crippen LogP contribution in [-0.4, -0.2) is 10.5 Å². The van der Waals surface area contributed by atoms with Crippen LogP contribution in [0.2, 0.25) is 0 Å². The standard InChI is InChI=1S/C28H26N2O/c1-3-5-19-10-13-23-26(16-19)30(25-7-4-6-24(27(23)25)28(29)31)17-20-9-12-21-14-18(2)8-11-22(21)15-20/h4,6-16H,3,5,17H2,1-2H3,(H2,29,31). The van der Waals surface area contributed by atoms with Crippen molar-refractivity contribution < 1.29 is 4.79 Å². The number of hydrogen-bond acceptors (Lipinski definition) is 1. The molecule has 154 valence electrons. The SMILES string of the molecule is CCCc1ccc2c3c(C(N)=O)cccc3n(Cc3ccc4cc(C)ccc4c3)c2c1. The molecule has 0 saturated heterocycles. The van der Waals surface area contributed by atoms with E-state index in [9.17, 15) is 4.79 Å². The number of aromatic nitrogens is 1. The van der Waals surface area contributed by atoms with E-state index in [1.807, 2.05) is 12.1 Å². The molecule has 0 aliphatic carbocycles. The Kier molecular flexibility index (Phi) is 4.74. The Morgan fingerprint density at radius 3 is 2.45 bits per heavy atom. The normalized spacial score (nSPS) is 11.5. The van der Waals surface area contributed by atoms with Crippen molar-refractivity contribution >= 4 is 38.5 Å². The van der Waals surface area contributed by atoms with Crippen molar-refractivity contribution in [2.45, 2.75) is 33.2 Å². The minimum Gasteiger partial charge on any atom is -0.366 e. The fourth-order valence-electron chi connectivity index (χ4n) is 4.71. The van der Waals surface area contributed by atoms with Crippen molar-refractivity contribution in [3.05, 3.63) is 95.1 Å². The molecule has 0 aliphatic heterocycles. The second-order valence-corrected chi connectivity index (χ2v) is 8.44. The van der Waals surface area contributed by atoms with Gasteiger partial charge >= 0.3 is 0 Å². The molecule has 4 aromatic carbocycles. The highest BCUT2D eigenvalue weighted by Crippen LogP contribution is 2.33. The quantitative estimate of drug-likeness (QED) is 0.363. The van der Waals surface area contributed by atoms with Gasteiger partial charge < -0.3 is 10.3 Å². The van der Waals surface area contributed by atoms with Crippen molar-refractivity contribution in [3.63, 3.8) is 0 Å². The lowest BCUT2D eigenvalue weighted by Crippen LogP contribution is -2.11. The van der Waals surface area contributed by atoms with Gasteiger partial charge in [0.25, 0.3) is 0 Å². The molecule has 31 heavy (non-hydrogen) atoms. The Balaban J connectivity index is 1.74. The van der Waals surface area contributed by atoms with E-state index in [1.165, 1.54) is 27.5 Å². The van der Waals surface area contributed by atoms with Gasteiger partial charge in [0.2, 0.25) is 5.91 Å². The molecular formula is C28H26N2O. The number of fused-ring (bicyclic) bond motifs is 4. The van der Waals surface area contributed by atoms with E-state index in [1.54, 1.807) is 0 Å². The summed E-state index contributed by atoms with van der Waals surface area (Å²) in [4.78, 5) is 12.2. The zero-order valence-corrected chi connectivity index (χ0v) is 18.0. The van der Waals surface area contributed by atoms with Crippen LogP contribution in [0.4, 0.5) is 0 Å². The highest BCUT2D eigenvalue weighted by Gasteiger charge is 2.17. The van der Waals surface area contributed by atoms with Crippen LogP contribution in [0.15, 0.2) is 72.8 Å². The van der Waals surface area contributed by atoms with Crippen LogP contribution in [0.25, 0.3) is 32.6 Å². The number of hydrogen-bond donors (Lipinski definition) is 1.